The topological polar surface area (TPSA) is 57.4 Å². The summed E-state index contributed by atoms with van der Waals surface area (Å²) >= 11 is 0. The molecule has 1 unspecified atom stereocenters. The van der Waals surface area contributed by atoms with E-state index in [-0.39, 0.29) is 6.10 Å². The van der Waals surface area contributed by atoms with Crippen LogP contribution in [0.5, 0.6) is 0 Å². The minimum absolute atomic E-state index is 0.185. The predicted octanol–water partition coefficient (Wildman–Crippen LogP) is 2.84. The molecule has 0 bridgehead atoms. The van der Waals surface area contributed by atoms with Crippen molar-refractivity contribution in [2.24, 2.45) is 5.41 Å². The SMILES string of the molecule is CC1(C)CCC(c2noc(C3COCCO3)n2)CC1. The van der Waals surface area contributed by atoms with Gasteiger partial charge in [0.2, 0.25) is 0 Å². The van der Waals surface area contributed by atoms with Crippen LogP contribution in [-0.2, 0) is 9.47 Å². The zero-order chi connectivity index (χ0) is 13.3. The van der Waals surface area contributed by atoms with Crippen molar-refractivity contribution in [3.8, 4) is 0 Å². The number of nitrogens with zero attached hydrogens (tertiary/aromatic N) is 2. The Hall–Kier alpha value is -0.940. The van der Waals surface area contributed by atoms with Crippen molar-refractivity contribution in [2.75, 3.05) is 19.8 Å². The summed E-state index contributed by atoms with van der Waals surface area (Å²) in [6, 6.07) is 0. The highest BCUT2D eigenvalue weighted by Crippen LogP contribution is 2.41. The number of rotatable bonds is 2. The van der Waals surface area contributed by atoms with Gasteiger partial charge < -0.3 is 14.0 Å². The van der Waals surface area contributed by atoms with E-state index in [1.165, 1.54) is 12.8 Å². The van der Waals surface area contributed by atoms with Crippen LogP contribution in [0.3, 0.4) is 0 Å². The van der Waals surface area contributed by atoms with Gasteiger partial charge in [-0.2, -0.15) is 4.98 Å². The summed E-state index contributed by atoms with van der Waals surface area (Å²) in [4.78, 5) is 4.52. The predicted molar refractivity (Wildman–Crippen MR) is 68.8 cm³/mol. The molecule has 1 aromatic rings. The average molecular weight is 266 g/mol. The quantitative estimate of drug-likeness (QED) is 0.823. The number of hydrogen-bond donors (Lipinski definition) is 0. The molecule has 0 aromatic carbocycles. The Morgan fingerprint density at radius 1 is 1.16 bits per heavy atom. The molecule has 19 heavy (non-hydrogen) atoms. The second-order valence-electron chi connectivity index (χ2n) is 6.36. The molecule has 3 rings (SSSR count). The Labute approximate surface area is 113 Å². The van der Waals surface area contributed by atoms with E-state index >= 15 is 0 Å². The average Bonchev–Trinajstić information content (AvgIpc) is 2.89. The zero-order valence-corrected chi connectivity index (χ0v) is 11.7. The molecule has 5 nitrogen and oxygen atoms in total. The molecule has 1 atom stereocenters. The molecule has 0 spiro atoms. The van der Waals surface area contributed by atoms with Crippen LogP contribution in [0.1, 0.15) is 63.3 Å². The molecular weight excluding hydrogens is 244 g/mol. The van der Waals surface area contributed by atoms with Crippen molar-refractivity contribution < 1.29 is 14.0 Å². The molecule has 2 heterocycles. The van der Waals surface area contributed by atoms with Gasteiger partial charge in [-0.1, -0.05) is 19.0 Å². The molecule has 0 radical (unpaired) electrons. The standard InChI is InChI=1S/C14H22N2O3/c1-14(2)5-3-10(4-6-14)12-15-13(19-16-12)11-9-17-7-8-18-11/h10-11H,3-9H2,1-2H3. The van der Waals surface area contributed by atoms with Crippen LogP contribution in [0.2, 0.25) is 0 Å². The molecule has 106 valence electrons. The van der Waals surface area contributed by atoms with Crippen molar-refractivity contribution in [3.05, 3.63) is 11.7 Å². The lowest BCUT2D eigenvalue weighted by Gasteiger charge is -2.32. The van der Waals surface area contributed by atoms with E-state index in [2.05, 4.69) is 24.0 Å². The summed E-state index contributed by atoms with van der Waals surface area (Å²) in [5.74, 6) is 1.86. The summed E-state index contributed by atoms with van der Waals surface area (Å²) in [6.45, 7) is 6.42. The first-order chi connectivity index (χ1) is 9.14. The van der Waals surface area contributed by atoms with Crippen LogP contribution in [-0.4, -0.2) is 30.0 Å². The zero-order valence-electron chi connectivity index (χ0n) is 11.7. The fourth-order valence-electron chi connectivity index (χ4n) is 2.83. The summed E-state index contributed by atoms with van der Waals surface area (Å²) in [6.07, 6.45) is 4.56. The van der Waals surface area contributed by atoms with Gasteiger partial charge in [-0.25, -0.2) is 0 Å². The molecule has 5 heteroatoms. The Balaban J connectivity index is 1.64. The lowest BCUT2D eigenvalue weighted by molar-refractivity contribution is -0.101. The fraction of sp³-hybridized carbons (Fsp3) is 0.857. The van der Waals surface area contributed by atoms with Crippen molar-refractivity contribution in [1.29, 1.82) is 0 Å². The van der Waals surface area contributed by atoms with Gasteiger partial charge in [0.25, 0.3) is 5.89 Å². The van der Waals surface area contributed by atoms with Crippen LogP contribution in [0.15, 0.2) is 4.52 Å². The molecule has 1 aliphatic carbocycles. The van der Waals surface area contributed by atoms with E-state index in [0.717, 1.165) is 18.7 Å². The van der Waals surface area contributed by atoms with Crippen LogP contribution < -0.4 is 0 Å². The Bertz CT molecular complexity index is 414. The monoisotopic (exact) mass is 266 g/mol. The van der Waals surface area contributed by atoms with Crippen molar-refractivity contribution in [2.45, 2.75) is 51.6 Å². The molecular formula is C14H22N2O3. The Morgan fingerprint density at radius 2 is 1.95 bits per heavy atom. The lowest BCUT2D eigenvalue weighted by atomic mass is 9.73. The maximum Gasteiger partial charge on any atom is 0.258 e. The molecule has 1 saturated carbocycles. The molecule has 0 amide bonds. The second-order valence-corrected chi connectivity index (χ2v) is 6.36. The van der Waals surface area contributed by atoms with Gasteiger partial charge in [0, 0.05) is 5.92 Å². The smallest absolute Gasteiger partial charge is 0.258 e. The highest BCUT2D eigenvalue weighted by Gasteiger charge is 2.31. The molecule has 2 aliphatic rings. The van der Waals surface area contributed by atoms with Gasteiger partial charge in [-0.05, 0) is 31.1 Å². The summed E-state index contributed by atoms with van der Waals surface area (Å²) in [5, 5.41) is 4.14. The fourth-order valence-corrected chi connectivity index (χ4v) is 2.83. The second kappa shape index (κ2) is 5.21. The molecule has 1 aliphatic heterocycles. The molecule has 1 aromatic heterocycles. The van der Waals surface area contributed by atoms with Gasteiger partial charge in [-0.15, -0.1) is 0 Å². The third kappa shape index (κ3) is 2.98. The van der Waals surface area contributed by atoms with E-state index in [0.29, 0.717) is 37.0 Å². The van der Waals surface area contributed by atoms with Crippen molar-refractivity contribution >= 4 is 0 Å². The summed E-state index contributed by atoms with van der Waals surface area (Å²) in [5.41, 5.74) is 0.462. The maximum atomic E-state index is 5.58. The van der Waals surface area contributed by atoms with E-state index in [1.54, 1.807) is 0 Å². The first-order valence-electron chi connectivity index (χ1n) is 7.17. The largest absolute Gasteiger partial charge is 0.376 e. The van der Waals surface area contributed by atoms with Crippen LogP contribution >= 0.6 is 0 Å². The first-order valence-corrected chi connectivity index (χ1v) is 7.17. The minimum atomic E-state index is -0.185. The van der Waals surface area contributed by atoms with Gasteiger partial charge >= 0.3 is 0 Å². The van der Waals surface area contributed by atoms with E-state index in [9.17, 15) is 0 Å². The molecule has 1 saturated heterocycles. The van der Waals surface area contributed by atoms with Gasteiger partial charge in [-0.3, -0.25) is 0 Å². The van der Waals surface area contributed by atoms with E-state index < -0.39 is 0 Å². The lowest BCUT2D eigenvalue weighted by Crippen LogP contribution is -2.22. The maximum absolute atomic E-state index is 5.58. The summed E-state index contributed by atoms with van der Waals surface area (Å²) < 4.78 is 16.3. The third-order valence-electron chi connectivity index (χ3n) is 4.25. The highest BCUT2D eigenvalue weighted by molar-refractivity contribution is 5.00. The molecule has 2 fully saturated rings. The minimum Gasteiger partial charge on any atom is -0.376 e. The van der Waals surface area contributed by atoms with Crippen LogP contribution in [0.4, 0.5) is 0 Å². The highest BCUT2D eigenvalue weighted by atomic mass is 16.6. The van der Waals surface area contributed by atoms with Crippen molar-refractivity contribution in [3.63, 3.8) is 0 Å². The van der Waals surface area contributed by atoms with Crippen molar-refractivity contribution in [1.82, 2.24) is 10.1 Å². The Kier molecular flexibility index (Phi) is 3.58. The van der Waals surface area contributed by atoms with E-state index in [4.69, 9.17) is 14.0 Å². The normalized spacial score (nSPS) is 28.4. The molecule has 0 N–H and O–H groups in total. The third-order valence-corrected chi connectivity index (χ3v) is 4.25. The van der Waals surface area contributed by atoms with E-state index in [1.807, 2.05) is 0 Å². The first kappa shape index (κ1) is 13.1. The number of aromatic nitrogens is 2. The number of hydrogen-bond acceptors (Lipinski definition) is 5. The van der Waals surface area contributed by atoms with Crippen LogP contribution in [0, 0.1) is 5.41 Å². The van der Waals surface area contributed by atoms with Crippen LogP contribution in [0.25, 0.3) is 0 Å². The Morgan fingerprint density at radius 3 is 2.63 bits per heavy atom. The van der Waals surface area contributed by atoms with Gasteiger partial charge in [0.15, 0.2) is 11.9 Å². The van der Waals surface area contributed by atoms with Gasteiger partial charge in [0.05, 0.1) is 19.8 Å². The summed E-state index contributed by atoms with van der Waals surface area (Å²) in [7, 11) is 0. The number of ether oxygens (including phenoxy) is 2. The van der Waals surface area contributed by atoms with Gasteiger partial charge in [0.1, 0.15) is 0 Å².